The van der Waals surface area contributed by atoms with Crippen LogP contribution in [0.15, 0.2) is 0 Å². The van der Waals surface area contributed by atoms with E-state index in [4.69, 9.17) is 0 Å². The third kappa shape index (κ3) is 3.22. The molecule has 18 heavy (non-hydrogen) atoms. The second-order valence-corrected chi connectivity index (χ2v) is 5.51. The predicted octanol–water partition coefficient (Wildman–Crippen LogP) is -0.320. The molecule has 0 spiro atoms. The fourth-order valence-corrected chi connectivity index (χ4v) is 3.53. The van der Waals surface area contributed by atoms with E-state index in [1.54, 1.807) is 0 Å². The van der Waals surface area contributed by atoms with E-state index in [2.05, 4.69) is 10.6 Å². The van der Waals surface area contributed by atoms with Crippen LogP contribution in [0.3, 0.4) is 0 Å². The SMILES string of the molecule is CNC(=O)NC(=O)C[NH+]1CCC[C@@H]2CCCC[C@@H]21. The summed E-state index contributed by atoms with van der Waals surface area (Å²) in [6.45, 7) is 1.51. The van der Waals surface area contributed by atoms with Crippen LogP contribution in [0, 0.1) is 5.92 Å². The number of urea groups is 1. The molecule has 1 aliphatic heterocycles. The van der Waals surface area contributed by atoms with Gasteiger partial charge in [-0.25, -0.2) is 4.79 Å². The summed E-state index contributed by atoms with van der Waals surface area (Å²) in [6.07, 6.45) is 7.74. The number of piperidine rings is 1. The Hall–Kier alpha value is -1.10. The molecular formula is C13H24N3O2+. The molecule has 1 aliphatic carbocycles. The van der Waals surface area contributed by atoms with Gasteiger partial charge in [0.05, 0.1) is 12.6 Å². The van der Waals surface area contributed by atoms with Gasteiger partial charge in [-0.1, -0.05) is 6.42 Å². The zero-order valence-corrected chi connectivity index (χ0v) is 11.1. The lowest BCUT2D eigenvalue weighted by Gasteiger charge is -2.40. The number of nitrogens with one attached hydrogen (secondary N) is 3. The van der Waals surface area contributed by atoms with Gasteiger partial charge in [-0.15, -0.1) is 0 Å². The van der Waals surface area contributed by atoms with E-state index < -0.39 is 6.03 Å². The van der Waals surface area contributed by atoms with Gasteiger partial charge in [-0.3, -0.25) is 10.1 Å². The van der Waals surface area contributed by atoms with E-state index >= 15 is 0 Å². The van der Waals surface area contributed by atoms with Gasteiger partial charge in [0.25, 0.3) is 5.91 Å². The average Bonchev–Trinajstić information content (AvgIpc) is 2.39. The van der Waals surface area contributed by atoms with E-state index in [1.807, 2.05) is 0 Å². The number of carbonyl (C=O) groups is 2. The number of hydrogen-bond donors (Lipinski definition) is 3. The van der Waals surface area contributed by atoms with Crippen molar-refractivity contribution in [2.75, 3.05) is 20.1 Å². The van der Waals surface area contributed by atoms with E-state index in [-0.39, 0.29) is 5.91 Å². The lowest BCUT2D eigenvalue weighted by Crippen LogP contribution is -3.18. The van der Waals surface area contributed by atoms with Crippen LogP contribution in [0.1, 0.15) is 38.5 Å². The minimum absolute atomic E-state index is 0.157. The van der Waals surface area contributed by atoms with Crippen molar-refractivity contribution in [3.63, 3.8) is 0 Å². The normalized spacial score (nSPS) is 31.3. The molecule has 102 valence electrons. The number of hydrogen-bond acceptors (Lipinski definition) is 2. The molecular weight excluding hydrogens is 230 g/mol. The number of fused-ring (bicyclic) bond motifs is 1. The van der Waals surface area contributed by atoms with Gasteiger partial charge in [0.2, 0.25) is 0 Å². The lowest BCUT2D eigenvalue weighted by atomic mass is 9.78. The molecule has 0 aromatic heterocycles. The average molecular weight is 254 g/mol. The third-order valence-corrected chi connectivity index (χ3v) is 4.37. The molecule has 2 rings (SSSR count). The van der Waals surface area contributed by atoms with E-state index in [9.17, 15) is 9.59 Å². The van der Waals surface area contributed by atoms with Crippen LogP contribution in [0.25, 0.3) is 0 Å². The standard InChI is InChI=1S/C13H23N3O2/c1-14-13(18)15-12(17)9-16-8-4-6-10-5-2-3-7-11(10)16/h10-11H,2-9H2,1H3,(H2,14,15,17,18)/p+1/t10-,11-/m0/s1. The minimum Gasteiger partial charge on any atom is -0.341 e. The van der Waals surface area contributed by atoms with Crippen molar-refractivity contribution in [3.8, 4) is 0 Å². The van der Waals surface area contributed by atoms with Crippen LogP contribution in [0.2, 0.25) is 0 Å². The fraction of sp³-hybridized carbons (Fsp3) is 0.846. The Labute approximate surface area is 108 Å². The van der Waals surface area contributed by atoms with Gasteiger partial charge in [-0.2, -0.15) is 0 Å². The molecule has 0 aromatic rings. The third-order valence-electron chi connectivity index (χ3n) is 4.37. The minimum atomic E-state index is -0.406. The number of carbonyl (C=O) groups excluding carboxylic acids is 2. The molecule has 0 bridgehead atoms. The van der Waals surface area contributed by atoms with Crippen LogP contribution in [-0.2, 0) is 4.79 Å². The molecule has 5 heteroatoms. The topological polar surface area (TPSA) is 62.6 Å². The maximum Gasteiger partial charge on any atom is 0.321 e. The Bertz CT molecular complexity index is 317. The van der Waals surface area contributed by atoms with Crippen LogP contribution < -0.4 is 15.5 Å². The Kier molecular flexibility index (Phi) is 4.58. The molecule has 0 aromatic carbocycles. The molecule has 0 radical (unpaired) electrons. The highest BCUT2D eigenvalue weighted by molar-refractivity contribution is 5.94. The maximum absolute atomic E-state index is 11.8. The summed E-state index contributed by atoms with van der Waals surface area (Å²) in [5.74, 6) is 0.644. The largest absolute Gasteiger partial charge is 0.341 e. The smallest absolute Gasteiger partial charge is 0.321 e. The van der Waals surface area contributed by atoms with Crippen LogP contribution in [-0.4, -0.2) is 38.1 Å². The number of likely N-dealkylation sites (tertiary alicyclic amines) is 1. The molecule has 3 atom stereocenters. The summed E-state index contributed by atoms with van der Waals surface area (Å²) in [7, 11) is 1.52. The van der Waals surface area contributed by atoms with Crippen LogP contribution in [0.5, 0.6) is 0 Å². The molecule has 2 aliphatic rings. The quantitative estimate of drug-likeness (QED) is 0.632. The first-order valence-electron chi connectivity index (χ1n) is 7.07. The van der Waals surface area contributed by atoms with E-state index in [0.29, 0.717) is 12.6 Å². The van der Waals surface area contributed by atoms with Gasteiger partial charge in [-0.05, 0) is 32.1 Å². The first-order chi connectivity index (χ1) is 8.70. The van der Waals surface area contributed by atoms with E-state index in [0.717, 1.165) is 12.5 Å². The summed E-state index contributed by atoms with van der Waals surface area (Å²) >= 11 is 0. The number of amides is 3. The Morgan fingerprint density at radius 3 is 2.67 bits per heavy atom. The number of imide groups is 1. The second-order valence-electron chi connectivity index (χ2n) is 5.51. The van der Waals surface area contributed by atoms with Gasteiger partial charge in [0.15, 0.2) is 6.54 Å². The first kappa shape index (κ1) is 13.3. The summed E-state index contributed by atoms with van der Waals surface area (Å²) in [4.78, 5) is 24.2. The summed E-state index contributed by atoms with van der Waals surface area (Å²) < 4.78 is 0. The highest BCUT2D eigenvalue weighted by atomic mass is 16.2. The van der Waals surface area contributed by atoms with Crippen molar-refractivity contribution in [1.82, 2.24) is 10.6 Å². The zero-order chi connectivity index (χ0) is 13.0. The van der Waals surface area contributed by atoms with Crippen molar-refractivity contribution in [1.29, 1.82) is 0 Å². The van der Waals surface area contributed by atoms with Gasteiger partial charge < -0.3 is 10.2 Å². The number of quaternary nitrogens is 1. The first-order valence-corrected chi connectivity index (χ1v) is 7.07. The highest BCUT2D eigenvalue weighted by Gasteiger charge is 2.37. The van der Waals surface area contributed by atoms with Crippen LogP contribution >= 0.6 is 0 Å². The van der Waals surface area contributed by atoms with Crippen molar-refractivity contribution < 1.29 is 14.5 Å². The van der Waals surface area contributed by atoms with Gasteiger partial charge >= 0.3 is 6.03 Å². The Morgan fingerprint density at radius 1 is 1.17 bits per heavy atom. The molecule has 1 saturated heterocycles. The Balaban J connectivity index is 1.87. The Morgan fingerprint density at radius 2 is 1.89 bits per heavy atom. The highest BCUT2D eigenvalue weighted by Crippen LogP contribution is 2.28. The summed E-state index contributed by atoms with van der Waals surface area (Å²) in [5, 5.41) is 4.77. The van der Waals surface area contributed by atoms with Crippen molar-refractivity contribution in [2.45, 2.75) is 44.6 Å². The predicted molar refractivity (Wildman–Crippen MR) is 68.3 cm³/mol. The maximum atomic E-state index is 11.8. The zero-order valence-electron chi connectivity index (χ0n) is 11.1. The molecule has 1 unspecified atom stereocenters. The van der Waals surface area contributed by atoms with Crippen LogP contribution in [0.4, 0.5) is 4.79 Å². The molecule has 5 nitrogen and oxygen atoms in total. The molecule has 1 heterocycles. The fourth-order valence-electron chi connectivity index (χ4n) is 3.53. The molecule has 3 amide bonds. The molecule has 3 N–H and O–H groups in total. The van der Waals surface area contributed by atoms with Gasteiger partial charge in [0.1, 0.15) is 0 Å². The van der Waals surface area contributed by atoms with Crippen molar-refractivity contribution in [3.05, 3.63) is 0 Å². The van der Waals surface area contributed by atoms with Crippen molar-refractivity contribution >= 4 is 11.9 Å². The second kappa shape index (κ2) is 6.18. The van der Waals surface area contributed by atoms with Crippen molar-refractivity contribution in [2.24, 2.45) is 5.92 Å². The molecule has 2 fully saturated rings. The summed E-state index contributed by atoms with van der Waals surface area (Å²) in [6, 6.07) is 0.236. The lowest BCUT2D eigenvalue weighted by molar-refractivity contribution is -0.928. The van der Waals surface area contributed by atoms with E-state index in [1.165, 1.54) is 50.5 Å². The molecule has 1 saturated carbocycles. The number of rotatable bonds is 2. The summed E-state index contributed by atoms with van der Waals surface area (Å²) in [5.41, 5.74) is 0. The monoisotopic (exact) mass is 254 g/mol. The van der Waals surface area contributed by atoms with Gasteiger partial charge in [0, 0.05) is 13.0 Å².